The first kappa shape index (κ1) is 23.9. The van der Waals surface area contributed by atoms with Crippen LogP contribution in [0.15, 0.2) is 77.9 Å². The first-order valence-corrected chi connectivity index (χ1v) is 10.0. The monoisotopic (exact) mass is 464 g/mol. The fourth-order valence-corrected chi connectivity index (χ4v) is 2.67. The fraction of sp³-hybridized carbons (Fsp3) is 0.0833. The standard InChI is InChI=1S/C24H21FN4O5/c1-33-21-5-3-2-4-20(21)28-22(30)15-34-19-12-6-16(7-13-19)14-26-29-24(32)23(31)27-18-10-8-17(25)9-11-18/h2-14H,15H2,1H3,(H,27,31)(H,28,30)(H,29,32)/b26-14-. The van der Waals surface area contributed by atoms with E-state index in [-0.39, 0.29) is 18.2 Å². The second-order valence-corrected chi connectivity index (χ2v) is 6.77. The molecule has 0 aliphatic rings. The minimum atomic E-state index is -0.985. The number of carbonyl (C=O) groups is 3. The van der Waals surface area contributed by atoms with Crippen LogP contribution >= 0.6 is 0 Å². The molecule has 3 rings (SSSR count). The van der Waals surface area contributed by atoms with Crippen molar-refractivity contribution < 1.29 is 28.2 Å². The van der Waals surface area contributed by atoms with Crippen LogP contribution in [0.2, 0.25) is 0 Å². The number of anilines is 2. The molecular formula is C24H21FN4O5. The molecule has 0 aromatic heterocycles. The van der Waals surface area contributed by atoms with Crippen molar-refractivity contribution in [3.05, 3.63) is 84.2 Å². The molecule has 3 aromatic rings. The van der Waals surface area contributed by atoms with Gasteiger partial charge in [-0.05, 0) is 66.2 Å². The maximum atomic E-state index is 12.9. The predicted molar refractivity (Wildman–Crippen MR) is 124 cm³/mol. The number of carbonyl (C=O) groups excluding carboxylic acids is 3. The first-order chi connectivity index (χ1) is 16.4. The van der Waals surface area contributed by atoms with Crippen molar-refractivity contribution in [2.24, 2.45) is 5.10 Å². The number of rotatable bonds is 8. The van der Waals surface area contributed by atoms with Gasteiger partial charge in [-0.25, -0.2) is 9.82 Å². The van der Waals surface area contributed by atoms with Crippen molar-refractivity contribution in [3.63, 3.8) is 0 Å². The summed E-state index contributed by atoms with van der Waals surface area (Å²) in [6.45, 7) is -0.204. The number of nitrogens with one attached hydrogen (secondary N) is 3. The lowest BCUT2D eigenvalue weighted by molar-refractivity contribution is -0.136. The summed E-state index contributed by atoms with van der Waals surface area (Å²) in [6.07, 6.45) is 1.33. The first-order valence-electron chi connectivity index (χ1n) is 10.0. The number of para-hydroxylation sites is 2. The molecule has 0 atom stereocenters. The molecule has 174 valence electrons. The van der Waals surface area contributed by atoms with Crippen molar-refractivity contribution >= 4 is 35.3 Å². The van der Waals surface area contributed by atoms with Crippen LogP contribution in [0.4, 0.5) is 15.8 Å². The fourth-order valence-electron chi connectivity index (χ4n) is 2.67. The van der Waals surface area contributed by atoms with E-state index >= 15 is 0 Å². The number of halogens is 1. The van der Waals surface area contributed by atoms with Gasteiger partial charge < -0.3 is 20.1 Å². The molecule has 0 heterocycles. The molecule has 0 fully saturated rings. The smallest absolute Gasteiger partial charge is 0.329 e. The summed E-state index contributed by atoms with van der Waals surface area (Å²) >= 11 is 0. The highest BCUT2D eigenvalue weighted by Gasteiger charge is 2.12. The topological polar surface area (TPSA) is 118 Å². The molecule has 0 spiro atoms. The van der Waals surface area contributed by atoms with E-state index in [1.807, 2.05) is 0 Å². The largest absolute Gasteiger partial charge is 0.495 e. The van der Waals surface area contributed by atoms with E-state index in [0.29, 0.717) is 22.7 Å². The Balaban J connectivity index is 1.43. The van der Waals surface area contributed by atoms with Crippen LogP contribution in [0.5, 0.6) is 11.5 Å². The number of hydrogen-bond acceptors (Lipinski definition) is 6. The highest BCUT2D eigenvalue weighted by Crippen LogP contribution is 2.22. The van der Waals surface area contributed by atoms with Gasteiger partial charge >= 0.3 is 11.8 Å². The lowest BCUT2D eigenvalue weighted by atomic mass is 10.2. The van der Waals surface area contributed by atoms with Crippen LogP contribution in [-0.2, 0) is 14.4 Å². The minimum Gasteiger partial charge on any atom is -0.495 e. The van der Waals surface area contributed by atoms with Crippen LogP contribution in [0, 0.1) is 5.82 Å². The molecule has 0 aliphatic carbocycles. The average molecular weight is 464 g/mol. The van der Waals surface area contributed by atoms with E-state index in [0.717, 1.165) is 12.1 Å². The van der Waals surface area contributed by atoms with Crippen molar-refractivity contribution in [1.29, 1.82) is 0 Å². The molecular weight excluding hydrogens is 443 g/mol. The Hall–Kier alpha value is -4.73. The zero-order chi connectivity index (χ0) is 24.3. The third-order valence-corrected chi connectivity index (χ3v) is 4.32. The Morgan fingerprint density at radius 1 is 0.912 bits per heavy atom. The van der Waals surface area contributed by atoms with Crippen LogP contribution in [-0.4, -0.2) is 37.7 Å². The molecule has 10 heteroatoms. The van der Waals surface area contributed by atoms with Gasteiger partial charge in [0.25, 0.3) is 5.91 Å². The van der Waals surface area contributed by atoms with Gasteiger partial charge in [-0.15, -0.1) is 0 Å². The van der Waals surface area contributed by atoms with E-state index in [2.05, 4.69) is 21.2 Å². The molecule has 0 radical (unpaired) electrons. The van der Waals surface area contributed by atoms with E-state index in [4.69, 9.17) is 9.47 Å². The SMILES string of the molecule is COc1ccccc1NC(=O)COc1ccc(/C=N\NC(=O)C(=O)Nc2ccc(F)cc2)cc1. The summed E-state index contributed by atoms with van der Waals surface area (Å²) < 4.78 is 23.5. The lowest BCUT2D eigenvalue weighted by Gasteiger charge is -2.10. The third-order valence-electron chi connectivity index (χ3n) is 4.32. The van der Waals surface area contributed by atoms with Gasteiger partial charge in [0.05, 0.1) is 19.0 Å². The Morgan fingerprint density at radius 2 is 1.62 bits per heavy atom. The highest BCUT2D eigenvalue weighted by atomic mass is 19.1. The van der Waals surface area contributed by atoms with E-state index in [1.54, 1.807) is 48.5 Å². The number of ether oxygens (including phenoxy) is 2. The highest BCUT2D eigenvalue weighted by molar-refractivity contribution is 6.39. The summed E-state index contributed by atoms with van der Waals surface area (Å²) in [4.78, 5) is 35.7. The summed E-state index contributed by atoms with van der Waals surface area (Å²) in [5.41, 5.74) is 3.53. The lowest BCUT2D eigenvalue weighted by Crippen LogP contribution is -2.32. The minimum absolute atomic E-state index is 0.204. The second kappa shape index (κ2) is 11.8. The van der Waals surface area contributed by atoms with Crippen molar-refractivity contribution in [3.8, 4) is 11.5 Å². The van der Waals surface area contributed by atoms with Gasteiger partial charge in [0.1, 0.15) is 17.3 Å². The van der Waals surface area contributed by atoms with Crippen LogP contribution in [0.25, 0.3) is 0 Å². The number of benzene rings is 3. The number of nitrogens with zero attached hydrogens (tertiary/aromatic N) is 1. The molecule has 0 unspecified atom stereocenters. The van der Waals surface area contributed by atoms with Gasteiger partial charge in [-0.1, -0.05) is 12.1 Å². The van der Waals surface area contributed by atoms with Crippen LogP contribution < -0.4 is 25.5 Å². The van der Waals surface area contributed by atoms with Crippen molar-refractivity contribution in [2.75, 3.05) is 24.4 Å². The molecule has 3 aromatic carbocycles. The van der Waals surface area contributed by atoms with Crippen LogP contribution in [0.3, 0.4) is 0 Å². The number of methoxy groups -OCH3 is 1. The normalized spacial score (nSPS) is 10.4. The third kappa shape index (κ3) is 7.16. The van der Waals surface area contributed by atoms with Gasteiger partial charge in [0, 0.05) is 5.69 Å². The Labute approximate surface area is 194 Å². The summed E-state index contributed by atoms with van der Waals surface area (Å²) in [6, 6.07) is 18.6. The molecule has 9 nitrogen and oxygen atoms in total. The van der Waals surface area contributed by atoms with Crippen LogP contribution in [0.1, 0.15) is 5.56 Å². The summed E-state index contributed by atoms with van der Waals surface area (Å²) in [5, 5.41) is 8.75. The maximum absolute atomic E-state index is 12.9. The Bertz CT molecular complexity index is 1180. The average Bonchev–Trinajstić information content (AvgIpc) is 2.85. The molecule has 0 bridgehead atoms. The Kier molecular flexibility index (Phi) is 8.28. The van der Waals surface area contributed by atoms with Gasteiger partial charge in [0.15, 0.2) is 6.61 Å². The molecule has 3 amide bonds. The number of amides is 3. The second-order valence-electron chi connectivity index (χ2n) is 6.77. The summed E-state index contributed by atoms with van der Waals surface area (Å²) in [7, 11) is 1.51. The van der Waals surface area contributed by atoms with Gasteiger partial charge in [-0.3, -0.25) is 14.4 Å². The van der Waals surface area contributed by atoms with Gasteiger partial charge in [-0.2, -0.15) is 5.10 Å². The van der Waals surface area contributed by atoms with Gasteiger partial charge in [0.2, 0.25) is 0 Å². The molecule has 0 saturated carbocycles. The van der Waals surface area contributed by atoms with E-state index in [1.165, 1.54) is 25.5 Å². The maximum Gasteiger partial charge on any atom is 0.329 e. The molecule has 34 heavy (non-hydrogen) atoms. The molecule has 0 aliphatic heterocycles. The van der Waals surface area contributed by atoms with E-state index < -0.39 is 17.6 Å². The number of hydrazone groups is 1. The summed E-state index contributed by atoms with van der Waals surface area (Å²) in [5.74, 6) is -1.74. The zero-order valence-electron chi connectivity index (χ0n) is 18.1. The zero-order valence-corrected chi connectivity index (χ0v) is 18.1. The van der Waals surface area contributed by atoms with Crippen molar-refractivity contribution in [2.45, 2.75) is 0 Å². The van der Waals surface area contributed by atoms with Crippen molar-refractivity contribution in [1.82, 2.24) is 5.43 Å². The quantitative estimate of drug-likeness (QED) is 0.269. The number of hydrogen-bond donors (Lipinski definition) is 3. The molecule has 3 N–H and O–H groups in total. The predicted octanol–water partition coefficient (Wildman–Crippen LogP) is 2.94. The Morgan fingerprint density at radius 3 is 2.32 bits per heavy atom. The molecule has 0 saturated heterocycles. The van der Waals surface area contributed by atoms with E-state index in [9.17, 15) is 18.8 Å².